The average molecular weight is 879 g/mol. The summed E-state index contributed by atoms with van der Waals surface area (Å²) in [5, 5.41) is 21.0. The number of aromatic hydroxyl groups is 1. The van der Waals surface area contributed by atoms with E-state index in [1.807, 2.05) is 0 Å². The third kappa shape index (κ3) is 20.5. The maximum absolute atomic E-state index is 12.0. The van der Waals surface area contributed by atoms with Crippen molar-refractivity contribution in [3.63, 3.8) is 0 Å². The van der Waals surface area contributed by atoms with Gasteiger partial charge in [0.1, 0.15) is 48.7 Å². The quantitative estimate of drug-likeness (QED) is 0.0351. The minimum absolute atomic E-state index is 0. The molecule has 4 rings (SSSR count). The summed E-state index contributed by atoms with van der Waals surface area (Å²) in [5.74, 6) is 0.310. The summed E-state index contributed by atoms with van der Waals surface area (Å²) in [6.07, 6.45) is 22.1. The zero-order chi connectivity index (χ0) is 42.2. The van der Waals surface area contributed by atoms with E-state index in [4.69, 9.17) is 9.47 Å². The molecule has 59 heavy (non-hydrogen) atoms. The second-order valence-corrected chi connectivity index (χ2v) is 17.4. The first-order valence-corrected chi connectivity index (χ1v) is 23.8. The molecule has 13 heteroatoms. The van der Waals surface area contributed by atoms with Gasteiger partial charge in [0, 0.05) is 6.07 Å². The van der Waals surface area contributed by atoms with E-state index in [2.05, 4.69) is 13.8 Å². The van der Waals surface area contributed by atoms with E-state index in [-0.39, 0.29) is 76.3 Å². The van der Waals surface area contributed by atoms with E-state index < -0.39 is 20.2 Å². The Bertz CT molecular complexity index is 1870. The van der Waals surface area contributed by atoms with Crippen LogP contribution in [0.1, 0.15) is 141 Å². The van der Waals surface area contributed by atoms with Crippen molar-refractivity contribution in [1.82, 2.24) is 0 Å². The summed E-state index contributed by atoms with van der Waals surface area (Å²) >= 11 is 0. The number of rotatable bonds is 26. The van der Waals surface area contributed by atoms with Crippen LogP contribution in [0.15, 0.2) is 94.7 Å². The summed E-state index contributed by atoms with van der Waals surface area (Å²) in [5.41, 5.74) is 1.02. The van der Waals surface area contributed by atoms with Crippen molar-refractivity contribution in [3.05, 3.63) is 96.1 Å². The molecule has 0 atom stereocenters. The zero-order valence-corrected chi connectivity index (χ0v) is 38.8. The van der Waals surface area contributed by atoms with Gasteiger partial charge in [-0.1, -0.05) is 159 Å². The fourth-order valence-electron chi connectivity index (χ4n) is 6.84. The van der Waals surface area contributed by atoms with Crippen molar-refractivity contribution in [2.75, 3.05) is 0 Å². The Morgan fingerprint density at radius 3 is 1.34 bits per heavy atom. The van der Waals surface area contributed by atoms with Crippen molar-refractivity contribution in [1.29, 1.82) is 0 Å². The number of unbranched alkanes of at least 4 members (excludes halogenated alkanes) is 16. The molecule has 0 heterocycles. The van der Waals surface area contributed by atoms with Crippen molar-refractivity contribution < 1.29 is 45.6 Å². The molecule has 0 saturated carbocycles. The standard InChI is InChI=1S/2C23H32O5S.Ca/c2*1-2-3-4-5-6-7-8-9-10-13-19-14-11-17-22(23(19)29(25,26)27)28-21-16-12-15-20(24)18-21;/h2*11-12,14-18,24H,2-10,13H2,1H3,(H,25,26,27);/q;;+2/p-2. The van der Waals surface area contributed by atoms with Gasteiger partial charge >= 0.3 is 37.7 Å². The molecule has 0 radical (unpaired) electrons. The summed E-state index contributed by atoms with van der Waals surface area (Å²) in [7, 11) is -9.15. The van der Waals surface area contributed by atoms with E-state index in [9.17, 15) is 36.2 Å². The maximum Gasteiger partial charge on any atom is 2.00 e. The monoisotopic (exact) mass is 878 g/mol. The van der Waals surface area contributed by atoms with Gasteiger partial charge in [0.2, 0.25) is 0 Å². The Kier molecular flexibility index (Phi) is 25.4. The molecule has 0 aliphatic heterocycles. The van der Waals surface area contributed by atoms with Crippen molar-refractivity contribution in [2.24, 2.45) is 0 Å². The van der Waals surface area contributed by atoms with Crippen LogP contribution in [0.3, 0.4) is 0 Å². The van der Waals surface area contributed by atoms with E-state index in [1.54, 1.807) is 42.5 Å². The molecule has 0 aromatic heterocycles. The van der Waals surface area contributed by atoms with Crippen molar-refractivity contribution in [2.45, 2.75) is 152 Å². The van der Waals surface area contributed by atoms with E-state index >= 15 is 0 Å². The number of hydrogen-bond donors (Lipinski definition) is 2. The third-order valence-electron chi connectivity index (χ3n) is 9.81. The Balaban J connectivity index is 0.000000400. The van der Waals surface area contributed by atoms with Crippen LogP contribution < -0.4 is 14.6 Å². The molecular weight excluding hydrogens is 817 g/mol. The predicted octanol–water partition coefficient (Wildman–Crippen LogP) is 11.7. The molecule has 0 spiro atoms. The molecule has 0 amide bonds. The first-order chi connectivity index (χ1) is 27.8. The summed E-state index contributed by atoms with van der Waals surface area (Å²) in [6, 6.07) is 21.5. The molecule has 0 unspecified atom stereocenters. The topological polar surface area (TPSA) is 173 Å². The Labute approximate surface area is 383 Å². The van der Waals surface area contributed by atoms with E-state index in [0.29, 0.717) is 29.7 Å². The predicted molar refractivity (Wildman–Crippen MR) is 232 cm³/mol. The fraction of sp³-hybridized carbons (Fsp3) is 0.478. The number of ether oxygens (including phenoxy) is 2. The Morgan fingerprint density at radius 1 is 0.525 bits per heavy atom. The number of aryl methyl sites for hydroxylation is 2. The Morgan fingerprint density at radius 2 is 0.915 bits per heavy atom. The first kappa shape index (κ1) is 52.3. The van der Waals surface area contributed by atoms with Crippen LogP contribution in [-0.4, -0.2) is 68.8 Å². The molecule has 10 nitrogen and oxygen atoms in total. The minimum atomic E-state index is -4.71. The maximum atomic E-state index is 12.0. The molecule has 0 aliphatic carbocycles. The van der Waals surface area contributed by atoms with Crippen LogP contribution in [-0.2, 0) is 33.1 Å². The van der Waals surface area contributed by atoms with Crippen LogP contribution in [0.5, 0.6) is 34.5 Å². The number of hydrogen-bond acceptors (Lipinski definition) is 9. The van der Waals surface area contributed by atoms with Crippen LogP contribution in [0, 0.1) is 0 Å². The zero-order valence-electron chi connectivity index (χ0n) is 34.9. The van der Waals surface area contributed by atoms with Gasteiger partial charge in [-0.25, -0.2) is 8.42 Å². The van der Waals surface area contributed by atoms with Crippen molar-refractivity contribution in [3.8, 4) is 34.5 Å². The van der Waals surface area contributed by atoms with Crippen LogP contribution >= 0.6 is 0 Å². The fourth-order valence-corrected chi connectivity index (χ4v) is 8.56. The summed E-state index contributed by atoms with van der Waals surface area (Å²) < 4.78 is 80.7. The van der Waals surface area contributed by atoms with Gasteiger partial charge in [-0.05, 0) is 73.2 Å². The van der Waals surface area contributed by atoms with Crippen LogP contribution in [0.4, 0.5) is 0 Å². The molecule has 4 aromatic carbocycles. The largest absolute Gasteiger partial charge is 2.00 e. The van der Waals surface area contributed by atoms with Gasteiger partial charge in [0.05, 0.1) is 0 Å². The number of benzene rings is 4. The van der Waals surface area contributed by atoms with Crippen LogP contribution in [0.2, 0.25) is 0 Å². The molecule has 0 saturated heterocycles. The third-order valence-corrected chi connectivity index (χ3v) is 11.7. The number of phenolic OH excluding ortho intramolecular Hbond substituents is 1. The molecule has 0 bridgehead atoms. The Hall–Kier alpha value is -2.84. The van der Waals surface area contributed by atoms with Gasteiger partial charge in [0.25, 0.3) is 10.1 Å². The SMILES string of the molecule is CCCCCCCCCCCc1cccc(Oc2cccc(O)c2)c1S(=O)(=O)O.CCCCCCCCCCCc1cccc(Oc2cccc([O-])c2)c1S(=O)(=O)[O-].[Ca+2]. The molecule has 0 fully saturated rings. The summed E-state index contributed by atoms with van der Waals surface area (Å²) in [4.78, 5) is -0.515. The molecular formula is C46H62CaO10S2. The smallest absolute Gasteiger partial charge is 0.872 e. The first-order valence-electron chi connectivity index (χ1n) is 20.9. The second kappa shape index (κ2) is 28.6. The molecule has 2 N–H and O–H groups in total. The molecule has 4 aromatic rings. The minimum Gasteiger partial charge on any atom is -0.872 e. The second-order valence-electron chi connectivity index (χ2n) is 14.8. The van der Waals surface area contributed by atoms with Gasteiger partial charge in [0.15, 0.2) is 0 Å². The number of phenols is 1. The van der Waals surface area contributed by atoms with Gasteiger partial charge in [-0.15, -0.1) is 5.75 Å². The van der Waals surface area contributed by atoms with Gasteiger partial charge < -0.3 is 24.2 Å². The van der Waals surface area contributed by atoms with Crippen LogP contribution in [0.25, 0.3) is 0 Å². The normalized spacial score (nSPS) is 11.3. The molecule has 0 aliphatic rings. The summed E-state index contributed by atoms with van der Waals surface area (Å²) in [6.45, 7) is 4.42. The van der Waals surface area contributed by atoms with Gasteiger partial charge in [-0.2, -0.15) is 8.42 Å². The average Bonchev–Trinajstić information content (AvgIpc) is 3.16. The van der Waals surface area contributed by atoms with E-state index in [1.165, 1.54) is 120 Å². The van der Waals surface area contributed by atoms with E-state index in [0.717, 1.165) is 38.5 Å². The van der Waals surface area contributed by atoms with Crippen molar-refractivity contribution >= 4 is 58.0 Å². The van der Waals surface area contributed by atoms with Gasteiger partial charge in [-0.3, -0.25) is 4.55 Å². The molecule has 320 valence electrons.